The number of carbonyl (C=O) groups is 2. The number of halogens is 3. The third kappa shape index (κ3) is 7.60. The highest BCUT2D eigenvalue weighted by Gasteiger charge is 2.41. The second-order valence-electron chi connectivity index (χ2n) is 7.95. The first-order chi connectivity index (χ1) is 14.1. The summed E-state index contributed by atoms with van der Waals surface area (Å²) in [7, 11) is 0. The van der Waals surface area contributed by atoms with E-state index in [4.69, 9.17) is 14.6 Å². The molecule has 3 rings (SSSR count). The smallest absolute Gasteiger partial charge is 0.475 e. The summed E-state index contributed by atoms with van der Waals surface area (Å²) >= 11 is 0. The van der Waals surface area contributed by atoms with E-state index >= 15 is 0 Å². The predicted molar refractivity (Wildman–Crippen MR) is 105 cm³/mol. The van der Waals surface area contributed by atoms with E-state index in [2.05, 4.69) is 40.5 Å². The summed E-state index contributed by atoms with van der Waals surface area (Å²) in [5.74, 6) is -2.15. The number of alkyl halides is 3. The van der Waals surface area contributed by atoms with Crippen molar-refractivity contribution in [2.24, 2.45) is 5.92 Å². The van der Waals surface area contributed by atoms with Gasteiger partial charge in [0.15, 0.2) is 0 Å². The molecule has 1 amide bonds. The molecule has 0 spiro atoms. The van der Waals surface area contributed by atoms with Crippen molar-refractivity contribution < 1.29 is 32.6 Å². The maximum Gasteiger partial charge on any atom is 0.490 e. The van der Waals surface area contributed by atoms with E-state index in [0.29, 0.717) is 5.92 Å². The van der Waals surface area contributed by atoms with Crippen LogP contribution in [0.4, 0.5) is 13.2 Å². The van der Waals surface area contributed by atoms with Gasteiger partial charge in [-0.1, -0.05) is 30.3 Å². The molecule has 2 saturated heterocycles. The van der Waals surface area contributed by atoms with Crippen LogP contribution < -0.4 is 5.32 Å². The number of carbonyl (C=O) groups excluding carboxylic acids is 1. The monoisotopic (exact) mass is 430 g/mol. The average Bonchev–Trinajstić information content (AvgIpc) is 3.10. The van der Waals surface area contributed by atoms with Crippen LogP contribution in [-0.4, -0.2) is 65.9 Å². The summed E-state index contributed by atoms with van der Waals surface area (Å²) in [6.45, 7) is 7.13. The van der Waals surface area contributed by atoms with Crippen LogP contribution in [0.15, 0.2) is 30.3 Å². The fourth-order valence-electron chi connectivity index (χ4n) is 3.68. The highest BCUT2D eigenvalue weighted by Crippen LogP contribution is 2.33. The standard InChI is InChI=1S/C19H28N2O2.C2HF3O2/c1-14(2)20-19(22)17-12-16-9-11-21(13-18(16)23-17)10-8-15-6-4-3-5-7-15;3-2(4,5)1(6)7/h3-7,14,16-18H,8-13H2,1-2H3,(H,20,22);(H,6,7)/t16-,17-,18+;/m0./s1. The van der Waals surface area contributed by atoms with Gasteiger partial charge in [0.25, 0.3) is 0 Å². The number of nitrogens with one attached hydrogen (secondary N) is 1. The van der Waals surface area contributed by atoms with Crippen LogP contribution in [0.3, 0.4) is 0 Å². The van der Waals surface area contributed by atoms with Crippen molar-refractivity contribution in [1.29, 1.82) is 0 Å². The van der Waals surface area contributed by atoms with Crippen molar-refractivity contribution >= 4 is 11.9 Å². The first-order valence-electron chi connectivity index (χ1n) is 10.1. The van der Waals surface area contributed by atoms with Crippen LogP contribution in [0.25, 0.3) is 0 Å². The Labute approximate surface area is 174 Å². The maximum atomic E-state index is 12.1. The Bertz CT molecular complexity index is 697. The van der Waals surface area contributed by atoms with Crippen molar-refractivity contribution in [3.63, 3.8) is 0 Å². The Morgan fingerprint density at radius 2 is 1.90 bits per heavy atom. The number of fused-ring (bicyclic) bond motifs is 1. The Morgan fingerprint density at radius 3 is 2.47 bits per heavy atom. The third-order valence-corrected chi connectivity index (χ3v) is 5.16. The molecule has 168 valence electrons. The highest BCUT2D eigenvalue weighted by atomic mass is 19.4. The number of carboxylic acid groups (broad SMARTS) is 1. The molecule has 2 fully saturated rings. The Morgan fingerprint density at radius 1 is 1.27 bits per heavy atom. The van der Waals surface area contributed by atoms with Gasteiger partial charge in [-0.15, -0.1) is 0 Å². The SMILES string of the molecule is CC(C)NC(=O)[C@@H]1C[C@@H]2CCN(CCc3ccccc3)C[C@H]2O1.O=C(O)C(F)(F)F. The fourth-order valence-corrected chi connectivity index (χ4v) is 3.68. The number of piperidine rings is 1. The van der Waals surface area contributed by atoms with Gasteiger partial charge in [-0.25, -0.2) is 4.79 Å². The van der Waals surface area contributed by atoms with Crippen LogP contribution in [0.2, 0.25) is 0 Å². The van der Waals surface area contributed by atoms with Crippen LogP contribution in [0.1, 0.15) is 32.3 Å². The lowest BCUT2D eigenvalue weighted by atomic mass is 9.91. The molecule has 2 aliphatic heterocycles. The molecule has 2 heterocycles. The van der Waals surface area contributed by atoms with Gasteiger partial charge in [0.05, 0.1) is 6.10 Å². The molecule has 6 nitrogen and oxygen atoms in total. The van der Waals surface area contributed by atoms with Gasteiger partial charge >= 0.3 is 12.1 Å². The van der Waals surface area contributed by atoms with E-state index < -0.39 is 12.1 Å². The second kappa shape index (κ2) is 10.8. The van der Waals surface area contributed by atoms with Crippen molar-refractivity contribution in [3.8, 4) is 0 Å². The topological polar surface area (TPSA) is 78.9 Å². The number of likely N-dealkylation sites (tertiary alicyclic amines) is 1. The molecule has 2 N–H and O–H groups in total. The van der Waals surface area contributed by atoms with E-state index in [-0.39, 0.29) is 24.2 Å². The number of amides is 1. The summed E-state index contributed by atoms with van der Waals surface area (Å²) in [5, 5.41) is 10.1. The molecule has 9 heteroatoms. The van der Waals surface area contributed by atoms with E-state index in [1.165, 1.54) is 5.56 Å². The zero-order valence-electron chi connectivity index (χ0n) is 17.2. The van der Waals surface area contributed by atoms with Crippen molar-refractivity contribution in [2.75, 3.05) is 19.6 Å². The minimum atomic E-state index is -5.08. The Hall–Kier alpha value is -2.13. The number of hydrogen-bond donors (Lipinski definition) is 2. The van der Waals surface area contributed by atoms with Crippen molar-refractivity contribution in [3.05, 3.63) is 35.9 Å². The maximum absolute atomic E-state index is 12.1. The number of hydrogen-bond acceptors (Lipinski definition) is 4. The lowest BCUT2D eigenvalue weighted by Gasteiger charge is -2.34. The van der Waals surface area contributed by atoms with Gasteiger partial charge in [0.1, 0.15) is 6.10 Å². The average molecular weight is 430 g/mol. The van der Waals surface area contributed by atoms with E-state index in [9.17, 15) is 18.0 Å². The first kappa shape index (κ1) is 24.1. The largest absolute Gasteiger partial charge is 0.490 e. The second-order valence-corrected chi connectivity index (χ2v) is 7.95. The van der Waals surface area contributed by atoms with Crippen LogP contribution in [0.5, 0.6) is 0 Å². The molecule has 30 heavy (non-hydrogen) atoms. The van der Waals surface area contributed by atoms with Gasteiger partial charge < -0.3 is 20.1 Å². The first-order valence-corrected chi connectivity index (χ1v) is 10.1. The van der Waals surface area contributed by atoms with Gasteiger partial charge in [-0.2, -0.15) is 13.2 Å². The number of benzene rings is 1. The third-order valence-electron chi connectivity index (χ3n) is 5.16. The van der Waals surface area contributed by atoms with E-state index in [0.717, 1.165) is 38.9 Å². The lowest BCUT2D eigenvalue weighted by Crippen LogP contribution is -2.43. The van der Waals surface area contributed by atoms with Gasteiger partial charge in [0.2, 0.25) is 5.91 Å². The molecule has 2 aliphatic rings. The molecule has 0 aromatic heterocycles. The number of carboxylic acids is 1. The normalized spacial score (nSPS) is 24.0. The molecular weight excluding hydrogens is 401 g/mol. The molecule has 0 unspecified atom stereocenters. The summed E-state index contributed by atoms with van der Waals surface area (Å²) in [4.78, 5) is 23.5. The zero-order valence-corrected chi connectivity index (χ0v) is 17.2. The molecule has 1 aromatic rings. The Kier molecular flexibility index (Phi) is 8.66. The minimum absolute atomic E-state index is 0.0604. The molecule has 0 bridgehead atoms. The Balaban J connectivity index is 0.000000396. The summed E-state index contributed by atoms with van der Waals surface area (Å²) in [6, 6.07) is 10.8. The van der Waals surface area contributed by atoms with Gasteiger partial charge in [-0.3, -0.25) is 4.79 Å². The number of nitrogens with zero attached hydrogens (tertiary/aromatic N) is 1. The minimum Gasteiger partial charge on any atom is -0.475 e. The van der Waals surface area contributed by atoms with Gasteiger partial charge in [-0.05, 0) is 51.1 Å². The van der Waals surface area contributed by atoms with Crippen LogP contribution in [-0.2, 0) is 20.7 Å². The molecule has 1 aromatic carbocycles. The van der Waals surface area contributed by atoms with Crippen LogP contribution >= 0.6 is 0 Å². The molecule has 0 saturated carbocycles. The van der Waals surface area contributed by atoms with E-state index in [1.54, 1.807) is 0 Å². The quantitative estimate of drug-likeness (QED) is 0.751. The van der Waals surface area contributed by atoms with Gasteiger partial charge in [0, 0.05) is 19.1 Å². The predicted octanol–water partition coefficient (Wildman–Crippen LogP) is 2.87. The molecule has 0 aliphatic carbocycles. The van der Waals surface area contributed by atoms with E-state index in [1.807, 2.05) is 13.8 Å². The lowest BCUT2D eigenvalue weighted by molar-refractivity contribution is -0.192. The zero-order chi connectivity index (χ0) is 22.3. The summed E-state index contributed by atoms with van der Waals surface area (Å²) in [6.07, 6.45) is -2.00. The van der Waals surface area contributed by atoms with Crippen LogP contribution in [0, 0.1) is 5.92 Å². The molecular formula is C21H29F3N2O4. The molecule has 0 radical (unpaired) electrons. The fraction of sp³-hybridized carbons (Fsp3) is 0.619. The summed E-state index contributed by atoms with van der Waals surface area (Å²) < 4.78 is 37.8. The highest BCUT2D eigenvalue weighted by molar-refractivity contribution is 5.81. The van der Waals surface area contributed by atoms with Crippen molar-refractivity contribution in [2.45, 2.75) is 57.5 Å². The number of ether oxygens (including phenoxy) is 1. The molecule has 3 atom stereocenters. The number of aliphatic carboxylic acids is 1. The summed E-state index contributed by atoms with van der Waals surface area (Å²) in [5.41, 5.74) is 1.39. The number of rotatable bonds is 5. The van der Waals surface area contributed by atoms with Crippen molar-refractivity contribution in [1.82, 2.24) is 10.2 Å².